The van der Waals surface area contributed by atoms with Gasteiger partial charge in [-0.2, -0.15) is 4.98 Å². The molecule has 0 saturated carbocycles. The van der Waals surface area contributed by atoms with Gasteiger partial charge < -0.3 is 25.3 Å². The van der Waals surface area contributed by atoms with Crippen LogP contribution in [0.25, 0.3) is 11.0 Å². The Balaban J connectivity index is 0.000000269. The van der Waals surface area contributed by atoms with Gasteiger partial charge in [0.05, 0.1) is 12.0 Å². The van der Waals surface area contributed by atoms with E-state index in [-0.39, 0.29) is 18.1 Å². The standard InChI is InChI=1S/C16H32O2.C13H13ClN4O2/c1-2-3-4-5-6-7-8-9-10-11-12-13-14-15-16(17)18;1-2-13(7-19)5-3-9(20-13)18-6-4-8-10(15)16-12(14)17-11(8)18/h2-15H2,1H3,(H,17,18);1,4,6,9,19H,3,5,7H2,(H2,15,16,17)/t;9-,13+/m.1/s1. The summed E-state index contributed by atoms with van der Waals surface area (Å²) in [5, 5.41) is 18.7. The molecule has 1 aliphatic heterocycles. The van der Waals surface area contributed by atoms with Crippen LogP contribution in [0.2, 0.25) is 5.28 Å². The van der Waals surface area contributed by atoms with Crippen molar-refractivity contribution in [2.45, 2.75) is 121 Å². The largest absolute Gasteiger partial charge is 0.481 e. The highest BCUT2D eigenvalue weighted by atomic mass is 35.5. The number of aliphatic hydroxyl groups is 1. The van der Waals surface area contributed by atoms with Gasteiger partial charge in [0.15, 0.2) is 5.60 Å². The Hall–Kier alpha value is -2.34. The van der Waals surface area contributed by atoms with Crippen LogP contribution in [0.4, 0.5) is 5.82 Å². The number of fused-ring (bicyclic) bond motifs is 1. The van der Waals surface area contributed by atoms with E-state index < -0.39 is 11.6 Å². The molecule has 3 heterocycles. The number of halogens is 1. The summed E-state index contributed by atoms with van der Waals surface area (Å²) in [6.07, 6.45) is 25.5. The van der Waals surface area contributed by atoms with E-state index in [0.29, 0.717) is 36.1 Å². The second-order valence-electron chi connectivity index (χ2n) is 10.1. The number of nitrogens with zero attached hydrogens (tertiary/aromatic N) is 3. The SMILES string of the molecule is C#C[C@@]1(CO)CC[C@H](n2ccc3c(N)nc(Cl)nc32)O1.CCCCCCCCCCCCCCCC(=O)O. The van der Waals surface area contributed by atoms with Gasteiger partial charge in [-0.3, -0.25) is 4.79 Å². The summed E-state index contributed by atoms with van der Waals surface area (Å²) in [7, 11) is 0. The summed E-state index contributed by atoms with van der Waals surface area (Å²) in [6.45, 7) is 2.05. The molecule has 1 aliphatic rings. The van der Waals surface area contributed by atoms with Crippen molar-refractivity contribution in [3.63, 3.8) is 0 Å². The molecule has 8 nitrogen and oxygen atoms in total. The lowest BCUT2D eigenvalue weighted by Gasteiger charge is -2.21. The van der Waals surface area contributed by atoms with Crippen LogP contribution in [0, 0.1) is 12.3 Å². The number of nitrogens with two attached hydrogens (primary N) is 1. The molecule has 212 valence electrons. The normalized spacial score (nSPS) is 18.7. The van der Waals surface area contributed by atoms with Crippen molar-refractivity contribution in [1.29, 1.82) is 0 Å². The first kappa shape index (κ1) is 31.9. The molecular weight excluding hydrogens is 504 g/mol. The van der Waals surface area contributed by atoms with Gasteiger partial charge in [-0.15, -0.1) is 6.42 Å². The third kappa shape index (κ3) is 10.4. The number of carboxylic acid groups (broad SMARTS) is 1. The maximum Gasteiger partial charge on any atom is 0.303 e. The van der Waals surface area contributed by atoms with Crippen LogP contribution in [0.5, 0.6) is 0 Å². The van der Waals surface area contributed by atoms with E-state index in [1.165, 1.54) is 70.6 Å². The van der Waals surface area contributed by atoms with Crippen molar-refractivity contribution in [2.75, 3.05) is 12.3 Å². The Morgan fingerprint density at radius 3 is 2.21 bits per heavy atom. The Morgan fingerprint density at radius 2 is 1.71 bits per heavy atom. The zero-order valence-electron chi connectivity index (χ0n) is 22.8. The third-order valence-corrected chi connectivity index (χ3v) is 7.22. The fourth-order valence-electron chi connectivity index (χ4n) is 4.75. The molecule has 2 aromatic rings. The summed E-state index contributed by atoms with van der Waals surface area (Å²) in [6, 6.07) is 1.80. The quantitative estimate of drug-likeness (QED) is 0.118. The van der Waals surface area contributed by atoms with E-state index in [2.05, 4.69) is 22.8 Å². The van der Waals surface area contributed by atoms with E-state index in [0.717, 1.165) is 12.8 Å². The van der Waals surface area contributed by atoms with Crippen LogP contribution < -0.4 is 5.73 Å². The Labute approximate surface area is 232 Å². The maximum atomic E-state index is 10.3. The Kier molecular flexibility index (Phi) is 14.5. The molecule has 1 saturated heterocycles. The lowest BCUT2D eigenvalue weighted by Crippen LogP contribution is -2.31. The average molecular weight is 549 g/mol. The number of unbranched alkanes of at least 4 members (excludes halogenated alkanes) is 12. The molecule has 3 rings (SSSR count). The van der Waals surface area contributed by atoms with Gasteiger partial charge in [0.2, 0.25) is 5.28 Å². The number of anilines is 1. The lowest BCUT2D eigenvalue weighted by atomic mass is 10.0. The first-order valence-electron chi connectivity index (χ1n) is 14.1. The highest BCUT2D eigenvalue weighted by Gasteiger charge is 2.39. The summed E-state index contributed by atoms with van der Waals surface area (Å²) in [5.41, 5.74) is 5.48. The number of hydrogen-bond acceptors (Lipinski definition) is 6. The van der Waals surface area contributed by atoms with Crippen LogP contribution in [-0.2, 0) is 9.53 Å². The maximum absolute atomic E-state index is 10.3. The molecule has 0 unspecified atom stereocenters. The second kappa shape index (κ2) is 17.3. The van der Waals surface area contributed by atoms with Gasteiger partial charge in [-0.05, 0) is 36.9 Å². The topological polar surface area (TPSA) is 123 Å². The summed E-state index contributed by atoms with van der Waals surface area (Å²) in [4.78, 5) is 18.4. The smallest absolute Gasteiger partial charge is 0.303 e. The number of ether oxygens (including phenoxy) is 1. The van der Waals surface area contributed by atoms with Crippen LogP contribution in [0.3, 0.4) is 0 Å². The number of rotatable bonds is 16. The van der Waals surface area contributed by atoms with Gasteiger partial charge in [0, 0.05) is 12.6 Å². The number of aliphatic carboxylic acids is 1. The van der Waals surface area contributed by atoms with Crippen molar-refractivity contribution < 1.29 is 19.7 Å². The van der Waals surface area contributed by atoms with Crippen molar-refractivity contribution in [1.82, 2.24) is 14.5 Å². The Morgan fingerprint density at radius 1 is 1.13 bits per heavy atom. The van der Waals surface area contributed by atoms with E-state index in [4.69, 9.17) is 33.6 Å². The molecule has 2 atom stereocenters. The first-order chi connectivity index (χ1) is 18.4. The number of nitrogen functional groups attached to an aromatic ring is 1. The Bertz CT molecular complexity index is 1020. The highest BCUT2D eigenvalue weighted by molar-refractivity contribution is 6.28. The number of carboxylic acids is 1. The van der Waals surface area contributed by atoms with Gasteiger partial charge in [0.1, 0.15) is 17.7 Å². The van der Waals surface area contributed by atoms with E-state index in [1.54, 1.807) is 12.3 Å². The molecule has 38 heavy (non-hydrogen) atoms. The molecule has 4 N–H and O–H groups in total. The minimum Gasteiger partial charge on any atom is -0.481 e. The van der Waals surface area contributed by atoms with Crippen LogP contribution >= 0.6 is 11.6 Å². The molecule has 2 aromatic heterocycles. The average Bonchev–Trinajstić information content (AvgIpc) is 3.52. The monoisotopic (exact) mass is 548 g/mol. The van der Waals surface area contributed by atoms with Crippen LogP contribution in [0.1, 0.15) is 116 Å². The fourth-order valence-corrected chi connectivity index (χ4v) is 4.93. The fraction of sp³-hybridized carbons (Fsp3) is 0.690. The van der Waals surface area contributed by atoms with E-state index >= 15 is 0 Å². The molecule has 1 fully saturated rings. The minimum absolute atomic E-state index is 0.0818. The summed E-state index contributed by atoms with van der Waals surface area (Å²) in [5.74, 6) is 2.19. The van der Waals surface area contributed by atoms with Gasteiger partial charge in [0.25, 0.3) is 0 Å². The molecule has 0 radical (unpaired) electrons. The van der Waals surface area contributed by atoms with E-state index in [1.807, 2.05) is 4.57 Å². The predicted octanol–water partition coefficient (Wildman–Crippen LogP) is 6.89. The van der Waals surface area contributed by atoms with Gasteiger partial charge in [-0.25, -0.2) is 4.98 Å². The molecule has 0 aliphatic carbocycles. The summed E-state index contributed by atoms with van der Waals surface area (Å²) < 4.78 is 7.63. The number of aliphatic hydroxyl groups excluding tert-OH is 1. The van der Waals surface area contributed by atoms with Gasteiger partial charge >= 0.3 is 5.97 Å². The van der Waals surface area contributed by atoms with Gasteiger partial charge in [-0.1, -0.05) is 89.9 Å². The number of carbonyl (C=O) groups is 1. The second-order valence-corrected chi connectivity index (χ2v) is 10.5. The predicted molar refractivity (Wildman–Crippen MR) is 153 cm³/mol. The van der Waals surface area contributed by atoms with Crippen molar-refractivity contribution in [3.8, 4) is 12.3 Å². The summed E-state index contributed by atoms with van der Waals surface area (Å²) >= 11 is 5.84. The molecule has 0 amide bonds. The zero-order valence-corrected chi connectivity index (χ0v) is 23.6. The molecule has 0 bridgehead atoms. The number of aromatic nitrogens is 3. The van der Waals surface area contributed by atoms with Crippen molar-refractivity contribution >= 4 is 34.4 Å². The highest BCUT2D eigenvalue weighted by Crippen LogP contribution is 2.38. The lowest BCUT2D eigenvalue weighted by molar-refractivity contribution is -0.137. The van der Waals surface area contributed by atoms with Crippen molar-refractivity contribution in [2.24, 2.45) is 0 Å². The third-order valence-electron chi connectivity index (χ3n) is 7.05. The zero-order chi connectivity index (χ0) is 27.8. The van der Waals surface area contributed by atoms with Crippen LogP contribution in [-0.4, -0.2) is 42.9 Å². The van der Waals surface area contributed by atoms with Crippen molar-refractivity contribution in [3.05, 3.63) is 17.5 Å². The number of hydrogen-bond donors (Lipinski definition) is 3. The first-order valence-corrected chi connectivity index (χ1v) is 14.5. The molecule has 0 spiro atoms. The molecule has 0 aromatic carbocycles. The molecular formula is C29H45ClN4O4. The molecule has 9 heteroatoms. The van der Waals surface area contributed by atoms with Crippen LogP contribution in [0.15, 0.2) is 12.3 Å². The number of terminal acetylenes is 1. The van der Waals surface area contributed by atoms with E-state index in [9.17, 15) is 9.90 Å². The minimum atomic E-state index is -0.927.